The van der Waals surface area contributed by atoms with Gasteiger partial charge in [0.15, 0.2) is 0 Å². The Morgan fingerprint density at radius 3 is 2.30 bits per heavy atom. The van der Waals surface area contributed by atoms with Gasteiger partial charge in [0.05, 0.1) is 6.42 Å². The molecule has 2 aromatic rings. The number of amides is 1. The molecule has 2 rings (SSSR count). The Labute approximate surface area is 119 Å². The normalized spacial score (nSPS) is 10.2. The largest absolute Gasteiger partial charge is 0.326 e. The summed E-state index contributed by atoms with van der Waals surface area (Å²) >= 11 is 0. The average Bonchev–Trinajstić information content (AvgIpc) is 2.47. The Balaban J connectivity index is 1.88. The third-order valence-electron chi connectivity index (χ3n) is 3.00. The molecule has 4 nitrogen and oxygen atoms in total. The number of hydrogen-bond donors (Lipinski definition) is 3. The minimum atomic E-state index is -0.00688. The van der Waals surface area contributed by atoms with E-state index in [-0.39, 0.29) is 5.91 Å². The van der Waals surface area contributed by atoms with Crippen LogP contribution in [-0.2, 0) is 17.6 Å². The zero-order chi connectivity index (χ0) is 14.2. The molecule has 0 saturated carbocycles. The fourth-order valence-electron chi connectivity index (χ4n) is 1.96. The van der Waals surface area contributed by atoms with Crippen LogP contribution in [0.4, 0.5) is 5.69 Å². The molecule has 0 saturated heterocycles. The van der Waals surface area contributed by atoms with Crippen LogP contribution >= 0.6 is 0 Å². The Hall–Kier alpha value is -2.17. The SMILES string of the molecule is NNCCc1ccc(NC(=O)Cc2ccccc2)cc1. The molecule has 0 fully saturated rings. The van der Waals surface area contributed by atoms with Gasteiger partial charge in [0.1, 0.15) is 0 Å². The minimum Gasteiger partial charge on any atom is -0.326 e. The van der Waals surface area contributed by atoms with Crippen LogP contribution in [0, 0.1) is 0 Å². The summed E-state index contributed by atoms with van der Waals surface area (Å²) in [6.45, 7) is 0.736. The van der Waals surface area contributed by atoms with E-state index in [0.717, 1.165) is 24.2 Å². The molecule has 20 heavy (non-hydrogen) atoms. The molecule has 0 aliphatic rings. The third-order valence-corrected chi connectivity index (χ3v) is 3.00. The number of benzene rings is 2. The summed E-state index contributed by atoms with van der Waals surface area (Å²) in [7, 11) is 0. The van der Waals surface area contributed by atoms with Crippen molar-refractivity contribution >= 4 is 11.6 Å². The van der Waals surface area contributed by atoms with Crippen molar-refractivity contribution in [3.05, 3.63) is 65.7 Å². The molecule has 0 radical (unpaired) electrons. The minimum absolute atomic E-state index is 0.00688. The van der Waals surface area contributed by atoms with Crippen molar-refractivity contribution < 1.29 is 4.79 Å². The van der Waals surface area contributed by atoms with Crippen molar-refractivity contribution in [2.45, 2.75) is 12.8 Å². The van der Waals surface area contributed by atoms with Gasteiger partial charge < -0.3 is 5.32 Å². The lowest BCUT2D eigenvalue weighted by Gasteiger charge is -2.07. The van der Waals surface area contributed by atoms with Gasteiger partial charge in [-0.3, -0.25) is 16.1 Å². The first-order chi connectivity index (χ1) is 9.78. The molecule has 4 heteroatoms. The second-order valence-electron chi connectivity index (χ2n) is 4.61. The number of carbonyl (C=O) groups excluding carboxylic acids is 1. The quantitative estimate of drug-likeness (QED) is 0.554. The first-order valence-electron chi connectivity index (χ1n) is 6.64. The van der Waals surface area contributed by atoms with Crippen LogP contribution in [0.15, 0.2) is 54.6 Å². The number of rotatable bonds is 6. The van der Waals surface area contributed by atoms with E-state index in [4.69, 9.17) is 5.84 Å². The second-order valence-corrected chi connectivity index (χ2v) is 4.61. The highest BCUT2D eigenvalue weighted by molar-refractivity contribution is 5.92. The van der Waals surface area contributed by atoms with Crippen LogP contribution in [0.5, 0.6) is 0 Å². The molecule has 0 aromatic heterocycles. The number of carbonyl (C=O) groups is 1. The Morgan fingerprint density at radius 1 is 0.950 bits per heavy atom. The van der Waals surface area contributed by atoms with Gasteiger partial charge in [-0.2, -0.15) is 0 Å². The standard InChI is InChI=1S/C16H19N3O/c17-18-11-10-13-6-8-15(9-7-13)19-16(20)12-14-4-2-1-3-5-14/h1-9,18H,10-12,17H2,(H,19,20). The summed E-state index contributed by atoms with van der Waals surface area (Å²) in [6.07, 6.45) is 1.26. The van der Waals surface area contributed by atoms with Crippen molar-refractivity contribution in [2.75, 3.05) is 11.9 Å². The maximum atomic E-state index is 11.9. The Bertz CT molecular complexity index is 537. The van der Waals surface area contributed by atoms with E-state index in [1.54, 1.807) is 0 Å². The highest BCUT2D eigenvalue weighted by atomic mass is 16.1. The summed E-state index contributed by atoms with van der Waals surface area (Å²) in [5.41, 5.74) is 5.63. The first-order valence-corrected chi connectivity index (χ1v) is 6.64. The van der Waals surface area contributed by atoms with Crippen LogP contribution < -0.4 is 16.6 Å². The monoisotopic (exact) mass is 269 g/mol. The van der Waals surface area contributed by atoms with Gasteiger partial charge >= 0.3 is 0 Å². The molecule has 0 heterocycles. The topological polar surface area (TPSA) is 67.2 Å². The van der Waals surface area contributed by atoms with E-state index in [9.17, 15) is 4.79 Å². The summed E-state index contributed by atoms with van der Waals surface area (Å²) in [5.74, 6) is 5.23. The zero-order valence-corrected chi connectivity index (χ0v) is 11.3. The molecule has 2 aromatic carbocycles. The molecule has 0 atom stereocenters. The molecular formula is C16H19N3O. The fraction of sp³-hybridized carbons (Fsp3) is 0.188. The zero-order valence-electron chi connectivity index (χ0n) is 11.3. The second kappa shape index (κ2) is 7.43. The van der Waals surface area contributed by atoms with E-state index in [0.29, 0.717) is 6.42 Å². The summed E-state index contributed by atoms with van der Waals surface area (Å²) in [6, 6.07) is 17.5. The van der Waals surface area contributed by atoms with E-state index >= 15 is 0 Å². The molecule has 1 amide bonds. The predicted molar refractivity (Wildman–Crippen MR) is 81.1 cm³/mol. The number of nitrogens with two attached hydrogens (primary N) is 1. The Kier molecular flexibility index (Phi) is 5.29. The van der Waals surface area contributed by atoms with E-state index in [2.05, 4.69) is 10.7 Å². The molecule has 4 N–H and O–H groups in total. The van der Waals surface area contributed by atoms with Crippen molar-refractivity contribution in [3.8, 4) is 0 Å². The molecular weight excluding hydrogens is 250 g/mol. The van der Waals surface area contributed by atoms with Crippen LogP contribution in [-0.4, -0.2) is 12.5 Å². The van der Waals surface area contributed by atoms with Gasteiger partial charge in [-0.25, -0.2) is 0 Å². The number of hydrazine groups is 1. The lowest BCUT2D eigenvalue weighted by molar-refractivity contribution is -0.115. The van der Waals surface area contributed by atoms with Gasteiger partial charge in [0, 0.05) is 12.2 Å². The van der Waals surface area contributed by atoms with Crippen molar-refractivity contribution in [3.63, 3.8) is 0 Å². The summed E-state index contributed by atoms with van der Waals surface area (Å²) in [5, 5.41) is 2.89. The number of nitrogens with one attached hydrogen (secondary N) is 2. The smallest absolute Gasteiger partial charge is 0.228 e. The van der Waals surface area contributed by atoms with E-state index < -0.39 is 0 Å². The van der Waals surface area contributed by atoms with Gasteiger partial charge in [0.25, 0.3) is 0 Å². The maximum absolute atomic E-state index is 11.9. The van der Waals surface area contributed by atoms with Gasteiger partial charge in [-0.05, 0) is 29.7 Å². The molecule has 0 unspecified atom stereocenters. The molecule has 0 aliphatic carbocycles. The van der Waals surface area contributed by atoms with E-state index in [1.165, 1.54) is 5.56 Å². The van der Waals surface area contributed by atoms with Crippen LogP contribution in [0.25, 0.3) is 0 Å². The highest BCUT2D eigenvalue weighted by Crippen LogP contribution is 2.10. The highest BCUT2D eigenvalue weighted by Gasteiger charge is 2.03. The van der Waals surface area contributed by atoms with Crippen LogP contribution in [0.3, 0.4) is 0 Å². The van der Waals surface area contributed by atoms with Crippen LogP contribution in [0.1, 0.15) is 11.1 Å². The predicted octanol–water partition coefficient (Wildman–Crippen LogP) is 1.87. The molecule has 0 aliphatic heterocycles. The maximum Gasteiger partial charge on any atom is 0.228 e. The molecule has 0 spiro atoms. The van der Waals surface area contributed by atoms with Gasteiger partial charge in [-0.15, -0.1) is 0 Å². The lowest BCUT2D eigenvalue weighted by atomic mass is 10.1. The van der Waals surface area contributed by atoms with Crippen LogP contribution in [0.2, 0.25) is 0 Å². The van der Waals surface area contributed by atoms with E-state index in [1.807, 2.05) is 54.6 Å². The average molecular weight is 269 g/mol. The molecule has 104 valence electrons. The fourth-order valence-corrected chi connectivity index (χ4v) is 1.96. The van der Waals surface area contributed by atoms with Gasteiger partial charge in [-0.1, -0.05) is 42.5 Å². The van der Waals surface area contributed by atoms with Crippen molar-refractivity contribution in [2.24, 2.45) is 5.84 Å². The summed E-state index contributed by atoms with van der Waals surface area (Å²) in [4.78, 5) is 11.9. The first kappa shape index (κ1) is 14.2. The molecule has 0 bridgehead atoms. The number of hydrogen-bond acceptors (Lipinski definition) is 3. The summed E-state index contributed by atoms with van der Waals surface area (Å²) < 4.78 is 0. The van der Waals surface area contributed by atoms with Crippen molar-refractivity contribution in [1.29, 1.82) is 0 Å². The number of anilines is 1. The van der Waals surface area contributed by atoms with Crippen molar-refractivity contribution in [1.82, 2.24) is 5.43 Å². The third kappa shape index (κ3) is 4.50. The Morgan fingerprint density at radius 2 is 1.65 bits per heavy atom. The van der Waals surface area contributed by atoms with Gasteiger partial charge in [0.2, 0.25) is 5.91 Å². The lowest BCUT2D eigenvalue weighted by Crippen LogP contribution is -2.24.